The summed E-state index contributed by atoms with van der Waals surface area (Å²) < 4.78 is 0. The van der Waals surface area contributed by atoms with Gasteiger partial charge in [-0.1, -0.05) is 20.3 Å². The SMILES string of the molecule is CCC(C)CCCNC(=O)NCCSC. The fraction of sp³-hybridized carbons (Fsp3) is 0.909. The number of urea groups is 1. The Balaban J connectivity index is 3.23. The fourth-order valence-corrected chi connectivity index (χ4v) is 1.49. The van der Waals surface area contributed by atoms with Gasteiger partial charge in [0, 0.05) is 18.8 Å². The average molecular weight is 232 g/mol. The van der Waals surface area contributed by atoms with E-state index in [1.165, 1.54) is 12.8 Å². The van der Waals surface area contributed by atoms with Crippen LogP contribution in [0.1, 0.15) is 33.1 Å². The zero-order chi connectivity index (χ0) is 11.5. The topological polar surface area (TPSA) is 41.1 Å². The summed E-state index contributed by atoms with van der Waals surface area (Å²) in [5.41, 5.74) is 0. The number of carbonyl (C=O) groups excluding carboxylic acids is 1. The van der Waals surface area contributed by atoms with Gasteiger partial charge < -0.3 is 10.6 Å². The van der Waals surface area contributed by atoms with Gasteiger partial charge in [0.25, 0.3) is 0 Å². The predicted molar refractivity (Wildman–Crippen MR) is 68.5 cm³/mol. The van der Waals surface area contributed by atoms with Crippen molar-refractivity contribution in [3.63, 3.8) is 0 Å². The third kappa shape index (κ3) is 9.91. The molecule has 0 aromatic rings. The molecule has 0 saturated carbocycles. The van der Waals surface area contributed by atoms with Gasteiger partial charge in [0.1, 0.15) is 0 Å². The molecule has 0 saturated heterocycles. The molecule has 0 radical (unpaired) electrons. The van der Waals surface area contributed by atoms with Crippen LogP contribution in [-0.2, 0) is 0 Å². The molecular weight excluding hydrogens is 208 g/mol. The maximum absolute atomic E-state index is 11.2. The molecule has 1 unspecified atom stereocenters. The zero-order valence-electron chi connectivity index (χ0n) is 10.1. The molecule has 0 fully saturated rings. The minimum atomic E-state index is -0.0341. The van der Waals surface area contributed by atoms with E-state index in [1.54, 1.807) is 11.8 Å². The van der Waals surface area contributed by atoms with Gasteiger partial charge in [0.05, 0.1) is 0 Å². The first kappa shape index (κ1) is 14.6. The average Bonchev–Trinajstić information content (AvgIpc) is 2.24. The maximum Gasteiger partial charge on any atom is 0.314 e. The van der Waals surface area contributed by atoms with Crippen LogP contribution < -0.4 is 10.6 Å². The van der Waals surface area contributed by atoms with Gasteiger partial charge in [-0.25, -0.2) is 4.79 Å². The first-order valence-corrected chi connectivity index (χ1v) is 7.10. The van der Waals surface area contributed by atoms with Crippen LogP contribution in [0.2, 0.25) is 0 Å². The second-order valence-corrected chi connectivity index (χ2v) is 4.82. The Bertz CT molecular complexity index is 165. The maximum atomic E-state index is 11.2. The Labute approximate surface area is 97.8 Å². The van der Waals surface area contributed by atoms with Crippen molar-refractivity contribution in [1.29, 1.82) is 0 Å². The molecule has 2 amide bonds. The number of nitrogens with one attached hydrogen (secondary N) is 2. The standard InChI is InChI=1S/C11H24N2OS/c1-4-10(2)6-5-7-12-11(14)13-8-9-15-3/h10H,4-9H2,1-3H3,(H2,12,13,14). The molecule has 0 rings (SSSR count). The zero-order valence-corrected chi connectivity index (χ0v) is 11.0. The summed E-state index contributed by atoms with van der Waals surface area (Å²) in [5.74, 6) is 1.74. The third-order valence-electron chi connectivity index (χ3n) is 2.45. The first-order valence-electron chi connectivity index (χ1n) is 5.71. The van der Waals surface area contributed by atoms with Crippen molar-refractivity contribution in [2.45, 2.75) is 33.1 Å². The summed E-state index contributed by atoms with van der Waals surface area (Å²) in [6, 6.07) is -0.0341. The largest absolute Gasteiger partial charge is 0.338 e. The van der Waals surface area contributed by atoms with E-state index in [9.17, 15) is 4.79 Å². The Morgan fingerprint density at radius 3 is 2.60 bits per heavy atom. The van der Waals surface area contributed by atoms with Gasteiger partial charge in [-0.05, 0) is 25.0 Å². The lowest BCUT2D eigenvalue weighted by atomic mass is 10.0. The second-order valence-electron chi connectivity index (χ2n) is 3.83. The molecule has 4 heteroatoms. The molecule has 0 aliphatic carbocycles. The van der Waals surface area contributed by atoms with Crippen molar-refractivity contribution in [1.82, 2.24) is 10.6 Å². The summed E-state index contributed by atoms with van der Waals surface area (Å²) in [6.07, 6.45) is 5.53. The van der Waals surface area contributed by atoms with Crippen LogP contribution in [0.3, 0.4) is 0 Å². The minimum Gasteiger partial charge on any atom is -0.338 e. The van der Waals surface area contributed by atoms with Crippen LogP contribution in [0.25, 0.3) is 0 Å². The number of thioether (sulfide) groups is 1. The molecule has 15 heavy (non-hydrogen) atoms. The lowest BCUT2D eigenvalue weighted by Crippen LogP contribution is -2.37. The van der Waals surface area contributed by atoms with Gasteiger partial charge in [-0.3, -0.25) is 0 Å². The van der Waals surface area contributed by atoms with Crippen LogP contribution in [-0.4, -0.2) is 31.1 Å². The van der Waals surface area contributed by atoms with E-state index in [1.807, 2.05) is 6.26 Å². The van der Waals surface area contributed by atoms with Gasteiger partial charge >= 0.3 is 6.03 Å². The van der Waals surface area contributed by atoms with Crippen LogP contribution >= 0.6 is 11.8 Å². The molecule has 0 spiro atoms. The number of hydrogen-bond donors (Lipinski definition) is 2. The molecule has 1 atom stereocenters. The summed E-state index contributed by atoms with van der Waals surface area (Å²) in [4.78, 5) is 11.2. The van der Waals surface area contributed by atoms with Crippen molar-refractivity contribution in [2.75, 3.05) is 25.1 Å². The van der Waals surface area contributed by atoms with Gasteiger partial charge in [0.15, 0.2) is 0 Å². The van der Waals surface area contributed by atoms with Crippen LogP contribution in [0.15, 0.2) is 0 Å². The number of hydrogen-bond acceptors (Lipinski definition) is 2. The molecule has 0 bridgehead atoms. The van der Waals surface area contributed by atoms with Crippen molar-refractivity contribution in [3.05, 3.63) is 0 Å². The Morgan fingerprint density at radius 1 is 1.33 bits per heavy atom. The fourth-order valence-electron chi connectivity index (χ4n) is 1.19. The molecule has 3 nitrogen and oxygen atoms in total. The van der Waals surface area contributed by atoms with Crippen molar-refractivity contribution < 1.29 is 4.79 Å². The van der Waals surface area contributed by atoms with E-state index in [2.05, 4.69) is 24.5 Å². The minimum absolute atomic E-state index is 0.0341. The van der Waals surface area contributed by atoms with E-state index in [-0.39, 0.29) is 6.03 Å². The van der Waals surface area contributed by atoms with Gasteiger partial charge in [-0.2, -0.15) is 11.8 Å². The molecule has 0 aromatic heterocycles. The first-order chi connectivity index (χ1) is 7.20. The van der Waals surface area contributed by atoms with E-state index >= 15 is 0 Å². The van der Waals surface area contributed by atoms with Crippen LogP contribution in [0.4, 0.5) is 4.79 Å². The molecule has 90 valence electrons. The highest BCUT2D eigenvalue weighted by Gasteiger charge is 2.00. The number of rotatable bonds is 8. The lowest BCUT2D eigenvalue weighted by Gasteiger charge is -2.09. The second kappa shape index (κ2) is 10.1. The van der Waals surface area contributed by atoms with Crippen molar-refractivity contribution >= 4 is 17.8 Å². The Morgan fingerprint density at radius 2 is 2.00 bits per heavy atom. The normalized spacial score (nSPS) is 12.2. The van der Waals surface area contributed by atoms with Crippen molar-refractivity contribution in [2.24, 2.45) is 5.92 Å². The summed E-state index contributed by atoms with van der Waals surface area (Å²) in [5, 5.41) is 5.68. The van der Waals surface area contributed by atoms with Crippen LogP contribution in [0.5, 0.6) is 0 Å². The summed E-state index contributed by atoms with van der Waals surface area (Å²) in [7, 11) is 0. The van der Waals surface area contributed by atoms with Crippen LogP contribution in [0, 0.1) is 5.92 Å². The molecular formula is C11H24N2OS. The third-order valence-corrected chi connectivity index (χ3v) is 3.06. The quantitative estimate of drug-likeness (QED) is 0.631. The highest BCUT2D eigenvalue weighted by Crippen LogP contribution is 2.07. The summed E-state index contributed by atoms with van der Waals surface area (Å²) in [6.45, 7) is 5.99. The van der Waals surface area contributed by atoms with Gasteiger partial charge in [0.2, 0.25) is 0 Å². The van der Waals surface area contributed by atoms with Crippen molar-refractivity contribution in [3.8, 4) is 0 Å². The van der Waals surface area contributed by atoms with E-state index < -0.39 is 0 Å². The molecule has 2 N–H and O–H groups in total. The monoisotopic (exact) mass is 232 g/mol. The van der Waals surface area contributed by atoms with E-state index in [4.69, 9.17) is 0 Å². The summed E-state index contributed by atoms with van der Waals surface area (Å²) >= 11 is 1.74. The highest BCUT2D eigenvalue weighted by atomic mass is 32.2. The molecule has 0 aromatic carbocycles. The van der Waals surface area contributed by atoms with E-state index in [0.717, 1.165) is 31.2 Å². The van der Waals surface area contributed by atoms with Gasteiger partial charge in [-0.15, -0.1) is 0 Å². The highest BCUT2D eigenvalue weighted by molar-refractivity contribution is 7.98. The molecule has 0 aliphatic rings. The van der Waals surface area contributed by atoms with E-state index in [0.29, 0.717) is 0 Å². The lowest BCUT2D eigenvalue weighted by molar-refractivity contribution is 0.241. The number of amides is 2. The predicted octanol–water partition coefficient (Wildman–Crippen LogP) is 2.47. The molecule has 0 aliphatic heterocycles. The molecule has 0 heterocycles. The Kier molecular flexibility index (Phi) is 9.89. The smallest absolute Gasteiger partial charge is 0.314 e. The number of carbonyl (C=O) groups is 1. The Hall–Kier alpha value is -0.380.